The van der Waals surface area contributed by atoms with E-state index in [4.69, 9.17) is 16.2 Å². The van der Waals surface area contributed by atoms with Gasteiger partial charge in [0, 0.05) is 0 Å². The van der Waals surface area contributed by atoms with Crippen molar-refractivity contribution in [1.29, 1.82) is 0 Å². The van der Waals surface area contributed by atoms with Gasteiger partial charge in [-0.3, -0.25) is 4.79 Å². The average Bonchev–Trinajstić information content (AvgIpc) is 2.24. The van der Waals surface area contributed by atoms with Crippen LogP contribution in [-0.2, 0) is 9.53 Å². The Morgan fingerprint density at radius 3 is 2.50 bits per heavy atom. The third-order valence-electron chi connectivity index (χ3n) is 2.26. The van der Waals surface area contributed by atoms with Crippen molar-refractivity contribution in [1.82, 2.24) is 0 Å². The van der Waals surface area contributed by atoms with Crippen LogP contribution in [0.4, 0.5) is 0 Å². The minimum Gasteiger partial charge on any atom is -0.465 e. The van der Waals surface area contributed by atoms with Crippen LogP contribution < -0.4 is 11.5 Å². The molecule has 0 amide bonds. The molecule has 0 aliphatic heterocycles. The number of esters is 1. The Kier molecular flexibility index (Phi) is 14.4. The zero-order chi connectivity index (χ0) is 11.5. The highest BCUT2D eigenvalue weighted by molar-refractivity contribution is 5.85. The quantitative estimate of drug-likeness (QED) is 0.483. The Balaban J connectivity index is 0. The zero-order valence-corrected chi connectivity index (χ0v) is 10.9. The Bertz CT molecular complexity index is 168. The molecular weight excluding hydrogens is 228 g/mol. The molecule has 0 spiro atoms. The van der Waals surface area contributed by atoms with Crippen molar-refractivity contribution >= 4 is 18.4 Å². The Morgan fingerprint density at radius 1 is 1.25 bits per heavy atom. The van der Waals surface area contributed by atoms with E-state index in [1.165, 1.54) is 0 Å². The molecule has 0 fully saturated rings. The number of unbranched alkanes of at least 4 members (excludes halogenated alkanes) is 3. The maximum absolute atomic E-state index is 11.3. The summed E-state index contributed by atoms with van der Waals surface area (Å²) in [7, 11) is 0. The fraction of sp³-hybridized carbons (Fsp3) is 0.909. The van der Waals surface area contributed by atoms with Crippen LogP contribution in [0.5, 0.6) is 0 Å². The zero-order valence-electron chi connectivity index (χ0n) is 10.1. The van der Waals surface area contributed by atoms with Crippen molar-refractivity contribution < 1.29 is 9.53 Å². The molecule has 0 saturated heterocycles. The minimum atomic E-state index is -0.459. The molecule has 0 aliphatic carbocycles. The van der Waals surface area contributed by atoms with E-state index < -0.39 is 6.04 Å². The smallest absolute Gasteiger partial charge is 0.322 e. The van der Waals surface area contributed by atoms with Gasteiger partial charge in [0.1, 0.15) is 6.04 Å². The van der Waals surface area contributed by atoms with E-state index in [1.807, 2.05) is 0 Å². The summed E-state index contributed by atoms with van der Waals surface area (Å²) in [4.78, 5) is 11.3. The molecule has 1 unspecified atom stereocenters. The van der Waals surface area contributed by atoms with Crippen molar-refractivity contribution in [3.8, 4) is 0 Å². The first-order valence-corrected chi connectivity index (χ1v) is 5.84. The summed E-state index contributed by atoms with van der Waals surface area (Å²) in [6, 6.07) is -0.459. The van der Waals surface area contributed by atoms with Crippen molar-refractivity contribution in [2.24, 2.45) is 11.5 Å². The number of carbonyl (C=O) groups is 1. The molecule has 16 heavy (non-hydrogen) atoms. The van der Waals surface area contributed by atoms with E-state index in [-0.39, 0.29) is 18.4 Å². The van der Waals surface area contributed by atoms with E-state index in [2.05, 4.69) is 6.92 Å². The molecule has 5 heteroatoms. The lowest BCUT2D eigenvalue weighted by Gasteiger charge is -2.10. The highest BCUT2D eigenvalue weighted by atomic mass is 35.5. The van der Waals surface area contributed by atoms with Gasteiger partial charge < -0.3 is 16.2 Å². The Hall–Kier alpha value is -0.320. The van der Waals surface area contributed by atoms with Crippen LogP contribution >= 0.6 is 12.4 Å². The van der Waals surface area contributed by atoms with Gasteiger partial charge >= 0.3 is 5.97 Å². The summed E-state index contributed by atoms with van der Waals surface area (Å²) in [6.07, 6.45) is 5.61. The molecule has 0 rings (SSSR count). The summed E-state index contributed by atoms with van der Waals surface area (Å²) >= 11 is 0. The second-order valence-electron chi connectivity index (χ2n) is 3.77. The monoisotopic (exact) mass is 252 g/mol. The first-order valence-electron chi connectivity index (χ1n) is 5.84. The van der Waals surface area contributed by atoms with Gasteiger partial charge in [0.15, 0.2) is 0 Å². The summed E-state index contributed by atoms with van der Waals surface area (Å²) < 4.78 is 5.01. The standard InChI is InChI=1S/C11H24N2O2.ClH/c1-2-3-9-15-11(14)10(13)7-5-4-6-8-12;/h10H,2-9,12-13H2,1H3;1H. The Morgan fingerprint density at radius 2 is 1.94 bits per heavy atom. The molecule has 0 aromatic rings. The van der Waals surface area contributed by atoms with Crippen LogP contribution in [0.15, 0.2) is 0 Å². The van der Waals surface area contributed by atoms with Crippen LogP contribution in [0.2, 0.25) is 0 Å². The van der Waals surface area contributed by atoms with Crippen molar-refractivity contribution in [2.45, 2.75) is 51.5 Å². The van der Waals surface area contributed by atoms with Crippen LogP contribution in [0, 0.1) is 0 Å². The maximum atomic E-state index is 11.3. The van der Waals surface area contributed by atoms with E-state index >= 15 is 0 Å². The summed E-state index contributed by atoms with van der Waals surface area (Å²) in [5.74, 6) is -0.267. The largest absolute Gasteiger partial charge is 0.465 e. The molecule has 1 atom stereocenters. The van der Waals surface area contributed by atoms with Gasteiger partial charge in [-0.05, 0) is 25.8 Å². The summed E-state index contributed by atoms with van der Waals surface area (Å²) in [5.41, 5.74) is 11.0. The number of hydrogen-bond donors (Lipinski definition) is 2. The molecule has 98 valence electrons. The fourth-order valence-electron chi connectivity index (χ4n) is 1.23. The summed E-state index contributed by atoms with van der Waals surface area (Å²) in [5, 5.41) is 0. The molecule has 4 N–H and O–H groups in total. The first kappa shape index (κ1) is 18.1. The molecule has 0 aromatic heterocycles. The topological polar surface area (TPSA) is 78.3 Å². The second-order valence-corrected chi connectivity index (χ2v) is 3.77. The molecule has 0 saturated carbocycles. The van der Waals surface area contributed by atoms with E-state index in [0.29, 0.717) is 19.6 Å². The van der Waals surface area contributed by atoms with E-state index in [9.17, 15) is 4.79 Å². The number of ether oxygens (including phenoxy) is 1. The van der Waals surface area contributed by atoms with E-state index in [0.717, 1.165) is 32.1 Å². The fourth-order valence-corrected chi connectivity index (χ4v) is 1.23. The van der Waals surface area contributed by atoms with Gasteiger partial charge in [0.25, 0.3) is 0 Å². The number of rotatable bonds is 9. The SMILES string of the molecule is CCCCOC(=O)C(N)CCCCCN.Cl. The first-order chi connectivity index (χ1) is 7.22. The molecule has 0 bridgehead atoms. The van der Waals surface area contributed by atoms with Crippen LogP contribution in [0.1, 0.15) is 45.4 Å². The number of carbonyl (C=O) groups excluding carboxylic acids is 1. The van der Waals surface area contributed by atoms with Gasteiger partial charge in [0.2, 0.25) is 0 Å². The van der Waals surface area contributed by atoms with E-state index in [1.54, 1.807) is 0 Å². The second kappa shape index (κ2) is 12.7. The van der Waals surface area contributed by atoms with Crippen LogP contribution in [0.3, 0.4) is 0 Å². The lowest BCUT2D eigenvalue weighted by molar-refractivity contribution is -0.145. The third-order valence-corrected chi connectivity index (χ3v) is 2.26. The Labute approximate surface area is 104 Å². The predicted octanol–water partition coefficient (Wildman–Crippen LogP) is 1.60. The van der Waals surface area contributed by atoms with Gasteiger partial charge in [-0.1, -0.05) is 26.2 Å². The predicted molar refractivity (Wildman–Crippen MR) is 68.6 cm³/mol. The van der Waals surface area contributed by atoms with Crippen molar-refractivity contribution in [2.75, 3.05) is 13.2 Å². The lowest BCUT2D eigenvalue weighted by Crippen LogP contribution is -2.32. The van der Waals surface area contributed by atoms with Gasteiger partial charge in [-0.2, -0.15) is 0 Å². The van der Waals surface area contributed by atoms with Gasteiger partial charge in [0.05, 0.1) is 6.61 Å². The number of nitrogens with two attached hydrogens (primary N) is 2. The summed E-state index contributed by atoms with van der Waals surface area (Å²) in [6.45, 7) is 3.25. The number of halogens is 1. The van der Waals surface area contributed by atoms with Gasteiger partial charge in [-0.25, -0.2) is 0 Å². The molecule has 0 aromatic carbocycles. The van der Waals surface area contributed by atoms with Crippen LogP contribution in [0.25, 0.3) is 0 Å². The molecule has 0 aliphatic rings. The van der Waals surface area contributed by atoms with Crippen molar-refractivity contribution in [3.63, 3.8) is 0 Å². The highest BCUT2D eigenvalue weighted by Gasteiger charge is 2.13. The van der Waals surface area contributed by atoms with Crippen LogP contribution in [-0.4, -0.2) is 25.2 Å². The average molecular weight is 253 g/mol. The molecule has 0 heterocycles. The van der Waals surface area contributed by atoms with Gasteiger partial charge in [-0.15, -0.1) is 12.4 Å². The normalized spacial score (nSPS) is 11.7. The molecular formula is C11H25ClN2O2. The lowest BCUT2D eigenvalue weighted by atomic mass is 10.1. The maximum Gasteiger partial charge on any atom is 0.322 e. The van der Waals surface area contributed by atoms with Crippen molar-refractivity contribution in [3.05, 3.63) is 0 Å². The highest BCUT2D eigenvalue weighted by Crippen LogP contribution is 2.03. The molecule has 0 radical (unpaired) electrons. The minimum absolute atomic E-state index is 0. The molecule has 4 nitrogen and oxygen atoms in total. The third kappa shape index (κ3) is 10.2. The number of hydrogen-bond acceptors (Lipinski definition) is 4.